The Morgan fingerprint density at radius 3 is 2.54 bits per heavy atom. The minimum absolute atomic E-state index is 0.149. The van der Waals surface area contributed by atoms with Crippen molar-refractivity contribution in [3.8, 4) is 5.75 Å². The first-order valence-electron chi connectivity index (χ1n) is 8.46. The fourth-order valence-corrected chi connectivity index (χ4v) is 4.52. The van der Waals surface area contributed by atoms with E-state index in [9.17, 15) is 13.2 Å². The average Bonchev–Trinajstić information content (AvgIpc) is 2.91. The van der Waals surface area contributed by atoms with Gasteiger partial charge in [0.2, 0.25) is 10.0 Å². The van der Waals surface area contributed by atoms with Crippen molar-refractivity contribution in [2.24, 2.45) is 0 Å². The number of benzene rings is 2. The summed E-state index contributed by atoms with van der Waals surface area (Å²) >= 11 is 0. The van der Waals surface area contributed by atoms with Crippen LogP contribution in [0.3, 0.4) is 0 Å². The third-order valence-corrected chi connectivity index (χ3v) is 5.55. The molecule has 138 valence electrons. The molecular formula is C19H22N2O4S. The lowest BCUT2D eigenvalue weighted by Gasteiger charge is -2.21. The number of anilines is 2. The van der Waals surface area contributed by atoms with Crippen molar-refractivity contribution in [2.75, 3.05) is 22.5 Å². The fourth-order valence-electron chi connectivity index (χ4n) is 3.25. The smallest absolute Gasteiger partial charge is 0.255 e. The van der Waals surface area contributed by atoms with Gasteiger partial charge in [-0.05, 0) is 68.3 Å². The summed E-state index contributed by atoms with van der Waals surface area (Å²) in [5.74, 6) is 0.514. The van der Waals surface area contributed by atoms with Crippen LogP contribution in [0.5, 0.6) is 5.75 Å². The van der Waals surface area contributed by atoms with Gasteiger partial charge in [-0.15, -0.1) is 0 Å². The zero-order valence-corrected chi connectivity index (χ0v) is 15.8. The number of carbonyl (C=O) groups excluding carboxylic acids is 1. The minimum Gasteiger partial charge on any atom is -0.494 e. The van der Waals surface area contributed by atoms with E-state index in [1.165, 1.54) is 10.6 Å². The van der Waals surface area contributed by atoms with E-state index in [0.29, 0.717) is 30.0 Å². The second-order valence-electron chi connectivity index (χ2n) is 6.37. The van der Waals surface area contributed by atoms with Crippen molar-refractivity contribution in [3.05, 3.63) is 53.6 Å². The van der Waals surface area contributed by atoms with Crippen LogP contribution < -0.4 is 14.4 Å². The standard InChI is InChI=1S/C19H22N2O4S/c1-4-25-17-8-6-16(7-9-17)20-19(22)14-5-10-18-15(12-14)11-13(2)21(18)26(3,23)24/h5-10,12-13H,4,11H2,1-3H3,(H,20,22)/t13-/m0/s1. The first-order valence-corrected chi connectivity index (χ1v) is 10.3. The third-order valence-electron chi connectivity index (χ3n) is 4.28. The zero-order chi connectivity index (χ0) is 18.9. The highest BCUT2D eigenvalue weighted by atomic mass is 32.2. The normalized spacial score (nSPS) is 16.3. The summed E-state index contributed by atoms with van der Waals surface area (Å²) in [6.07, 6.45) is 1.79. The topological polar surface area (TPSA) is 75.7 Å². The molecule has 0 radical (unpaired) electrons. The first-order chi connectivity index (χ1) is 12.3. The molecule has 1 heterocycles. The van der Waals surface area contributed by atoms with E-state index >= 15 is 0 Å². The maximum atomic E-state index is 12.5. The summed E-state index contributed by atoms with van der Waals surface area (Å²) in [5, 5.41) is 2.85. The molecule has 2 aromatic rings. The van der Waals surface area contributed by atoms with Crippen LogP contribution in [-0.2, 0) is 16.4 Å². The number of nitrogens with one attached hydrogen (secondary N) is 1. The van der Waals surface area contributed by atoms with Gasteiger partial charge in [0, 0.05) is 17.3 Å². The molecule has 0 bridgehead atoms. The van der Waals surface area contributed by atoms with Gasteiger partial charge in [0.05, 0.1) is 18.6 Å². The second kappa shape index (κ2) is 6.99. The molecule has 1 aliphatic rings. The Morgan fingerprint density at radius 1 is 1.23 bits per heavy atom. The summed E-state index contributed by atoms with van der Waals surface area (Å²) in [6, 6.07) is 12.1. The van der Waals surface area contributed by atoms with Gasteiger partial charge < -0.3 is 10.1 Å². The van der Waals surface area contributed by atoms with Crippen LogP contribution in [-0.4, -0.2) is 33.2 Å². The second-order valence-corrected chi connectivity index (χ2v) is 8.23. The van der Waals surface area contributed by atoms with E-state index < -0.39 is 10.0 Å². The largest absolute Gasteiger partial charge is 0.494 e. The maximum Gasteiger partial charge on any atom is 0.255 e. The number of carbonyl (C=O) groups is 1. The van der Waals surface area contributed by atoms with Crippen molar-refractivity contribution >= 4 is 27.3 Å². The molecule has 2 aromatic carbocycles. The van der Waals surface area contributed by atoms with Crippen molar-refractivity contribution < 1.29 is 17.9 Å². The van der Waals surface area contributed by atoms with Gasteiger partial charge in [-0.3, -0.25) is 9.10 Å². The lowest BCUT2D eigenvalue weighted by molar-refractivity contribution is 0.102. The quantitative estimate of drug-likeness (QED) is 0.873. The highest BCUT2D eigenvalue weighted by molar-refractivity contribution is 7.92. The number of amides is 1. The summed E-state index contributed by atoms with van der Waals surface area (Å²) in [5.41, 5.74) is 2.69. The molecule has 1 N–H and O–H groups in total. The van der Waals surface area contributed by atoms with Crippen LogP contribution in [0.2, 0.25) is 0 Å². The lowest BCUT2D eigenvalue weighted by atomic mass is 10.1. The molecule has 0 aromatic heterocycles. The number of rotatable bonds is 5. The van der Waals surface area contributed by atoms with Crippen LogP contribution in [0.25, 0.3) is 0 Å². The molecule has 1 atom stereocenters. The Labute approximate surface area is 153 Å². The Bertz CT molecular complexity index is 923. The number of hydrogen-bond acceptors (Lipinski definition) is 4. The molecule has 0 saturated carbocycles. The van der Waals surface area contributed by atoms with E-state index in [4.69, 9.17) is 4.74 Å². The minimum atomic E-state index is -3.33. The van der Waals surface area contributed by atoms with E-state index in [-0.39, 0.29) is 11.9 Å². The van der Waals surface area contributed by atoms with Gasteiger partial charge in [0.25, 0.3) is 5.91 Å². The number of nitrogens with zero attached hydrogens (tertiary/aromatic N) is 1. The monoisotopic (exact) mass is 374 g/mol. The highest BCUT2D eigenvalue weighted by Gasteiger charge is 2.32. The molecule has 0 unspecified atom stereocenters. The van der Waals surface area contributed by atoms with E-state index in [1.807, 2.05) is 13.8 Å². The van der Waals surface area contributed by atoms with E-state index in [1.54, 1.807) is 42.5 Å². The van der Waals surface area contributed by atoms with Crippen LogP contribution in [0.4, 0.5) is 11.4 Å². The third kappa shape index (κ3) is 3.67. The predicted octanol–water partition coefficient (Wildman–Crippen LogP) is 3.05. The first kappa shape index (κ1) is 18.3. The van der Waals surface area contributed by atoms with Gasteiger partial charge in [0.1, 0.15) is 5.75 Å². The molecule has 3 rings (SSSR count). The molecule has 0 saturated heterocycles. The van der Waals surface area contributed by atoms with Gasteiger partial charge in [-0.25, -0.2) is 8.42 Å². The maximum absolute atomic E-state index is 12.5. The number of hydrogen-bond donors (Lipinski definition) is 1. The van der Waals surface area contributed by atoms with E-state index in [2.05, 4.69) is 5.32 Å². The van der Waals surface area contributed by atoms with E-state index in [0.717, 1.165) is 11.3 Å². The summed E-state index contributed by atoms with van der Waals surface area (Å²) in [4.78, 5) is 12.5. The molecule has 0 aliphatic carbocycles. The Morgan fingerprint density at radius 2 is 1.92 bits per heavy atom. The Hall–Kier alpha value is -2.54. The molecule has 6 nitrogen and oxygen atoms in total. The van der Waals surface area contributed by atoms with Gasteiger partial charge >= 0.3 is 0 Å². The molecule has 7 heteroatoms. The molecule has 0 fully saturated rings. The average molecular weight is 374 g/mol. The van der Waals surface area contributed by atoms with Crippen LogP contribution in [0, 0.1) is 0 Å². The highest BCUT2D eigenvalue weighted by Crippen LogP contribution is 2.34. The Balaban J connectivity index is 1.79. The summed E-state index contributed by atoms with van der Waals surface area (Å²) < 4.78 is 30.7. The number of sulfonamides is 1. The van der Waals surface area contributed by atoms with Gasteiger partial charge in [-0.2, -0.15) is 0 Å². The van der Waals surface area contributed by atoms with Gasteiger partial charge in [-0.1, -0.05) is 0 Å². The molecular weight excluding hydrogens is 352 g/mol. The molecule has 1 aliphatic heterocycles. The number of fused-ring (bicyclic) bond motifs is 1. The summed E-state index contributed by atoms with van der Waals surface area (Å²) in [6.45, 7) is 4.36. The van der Waals surface area contributed by atoms with Crippen LogP contribution >= 0.6 is 0 Å². The van der Waals surface area contributed by atoms with Crippen molar-refractivity contribution in [1.82, 2.24) is 0 Å². The number of ether oxygens (including phenoxy) is 1. The lowest BCUT2D eigenvalue weighted by Crippen LogP contribution is -2.34. The van der Waals surface area contributed by atoms with Crippen molar-refractivity contribution in [3.63, 3.8) is 0 Å². The SMILES string of the molecule is CCOc1ccc(NC(=O)c2ccc3c(c2)C[C@H](C)N3S(C)(=O)=O)cc1. The van der Waals surface area contributed by atoms with Crippen molar-refractivity contribution in [2.45, 2.75) is 26.3 Å². The summed E-state index contributed by atoms with van der Waals surface area (Å²) in [7, 11) is -3.33. The molecule has 26 heavy (non-hydrogen) atoms. The van der Waals surface area contributed by atoms with Crippen LogP contribution in [0.15, 0.2) is 42.5 Å². The van der Waals surface area contributed by atoms with Crippen LogP contribution in [0.1, 0.15) is 29.8 Å². The van der Waals surface area contributed by atoms with Gasteiger partial charge in [0.15, 0.2) is 0 Å². The Kier molecular flexibility index (Phi) is 4.91. The molecule has 0 spiro atoms. The zero-order valence-electron chi connectivity index (χ0n) is 15.0. The predicted molar refractivity (Wildman–Crippen MR) is 102 cm³/mol. The van der Waals surface area contributed by atoms with Crippen molar-refractivity contribution in [1.29, 1.82) is 0 Å². The fraction of sp³-hybridized carbons (Fsp3) is 0.316. The molecule has 1 amide bonds.